The SMILES string of the molecule is Cn1c(=O)oc2cc(S(=O)(=O)N3CC4(CC(N5CCCCC5)CO4)C3)ccc21. The number of hydrogen-bond donors (Lipinski definition) is 0. The number of aromatic nitrogens is 1. The number of aryl methyl sites for hydroxylation is 1. The molecule has 4 heterocycles. The lowest BCUT2D eigenvalue weighted by Gasteiger charge is -2.46. The zero-order valence-corrected chi connectivity index (χ0v) is 16.8. The second kappa shape index (κ2) is 6.41. The molecule has 1 aromatic carbocycles. The molecule has 1 aromatic heterocycles. The first-order valence-corrected chi connectivity index (χ1v) is 11.3. The number of sulfonamides is 1. The van der Waals surface area contributed by atoms with Gasteiger partial charge < -0.3 is 9.15 Å². The molecule has 1 unspecified atom stereocenters. The van der Waals surface area contributed by atoms with Gasteiger partial charge in [-0.2, -0.15) is 4.31 Å². The van der Waals surface area contributed by atoms with Gasteiger partial charge in [0.2, 0.25) is 10.0 Å². The van der Waals surface area contributed by atoms with Crippen molar-refractivity contribution in [3.63, 3.8) is 0 Å². The van der Waals surface area contributed by atoms with Crippen molar-refractivity contribution in [2.75, 3.05) is 32.8 Å². The molecule has 3 aliphatic heterocycles. The molecule has 2 aromatic rings. The zero-order valence-electron chi connectivity index (χ0n) is 16.0. The number of oxazole rings is 1. The molecule has 1 spiro atoms. The molecule has 0 aliphatic carbocycles. The number of piperidine rings is 1. The van der Waals surface area contributed by atoms with E-state index in [4.69, 9.17) is 9.15 Å². The van der Waals surface area contributed by atoms with Gasteiger partial charge in [-0.3, -0.25) is 9.47 Å². The number of likely N-dealkylation sites (tertiary alicyclic amines) is 1. The Morgan fingerprint density at radius 2 is 1.89 bits per heavy atom. The maximum atomic E-state index is 13.0. The summed E-state index contributed by atoms with van der Waals surface area (Å²) in [7, 11) is -2.04. The van der Waals surface area contributed by atoms with Crippen LogP contribution < -0.4 is 5.76 Å². The smallest absolute Gasteiger partial charge is 0.408 e. The molecule has 0 bridgehead atoms. The van der Waals surface area contributed by atoms with Crippen LogP contribution in [-0.2, 0) is 21.8 Å². The number of benzene rings is 1. The summed E-state index contributed by atoms with van der Waals surface area (Å²) in [6.45, 7) is 3.70. The molecule has 0 amide bonds. The zero-order chi connectivity index (χ0) is 19.5. The summed E-state index contributed by atoms with van der Waals surface area (Å²) in [5.74, 6) is -0.504. The minimum Gasteiger partial charge on any atom is -0.408 e. The molecular weight excluding hydrogens is 382 g/mol. The quantitative estimate of drug-likeness (QED) is 0.759. The second-order valence-electron chi connectivity index (χ2n) is 8.28. The maximum Gasteiger partial charge on any atom is 0.419 e. The molecular formula is C19H25N3O5S. The fraction of sp³-hybridized carbons (Fsp3) is 0.632. The van der Waals surface area contributed by atoms with Gasteiger partial charge in [0.25, 0.3) is 0 Å². The third-order valence-electron chi connectivity index (χ3n) is 6.43. The number of rotatable bonds is 3. The Bertz CT molecular complexity index is 1060. The largest absolute Gasteiger partial charge is 0.419 e. The average molecular weight is 407 g/mol. The van der Waals surface area contributed by atoms with E-state index in [0.717, 1.165) is 19.5 Å². The molecule has 3 fully saturated rings. The van der Waals surface area contributed by atoms with Crippen molar-refractivity contribution in [3.8, 4) is 0 Å². The highest BCUT2D eigenvalue weighted by molar-refractivity contribution is 7.89. The Morgan fingerprint density at radius 1 is 1.14 bits per heavy atom. The first-order chi connectivity index (χ1) is 13.4. The number of nitrogens with zero attached hydrogens (tertiary/aromatic N) is 3. The summed E-state index contributed by atoms with van der Waals surface area (Å²) in [5, 5.41) is 0. The van der Waals surface area contributed by atoms with Gasteiger partial charge in [0.1, 0.15) is 0 Å². The van der Waals surface area contributed by atoms with Gasteiger partial charge in [-0.1, -0.05) is 6.42 Å². The highest BCUT2D eigenvalue weighted by Crippen LogP contribution is 2.40. The Morgan fingerprint density at radius 3 is 2.64 bits per heavy atom. The van der Waals surface area contributed by atoms with E-state index in [2.05, 4.69) is 4.90 Å². The third kappa shape index (κ3) is 2.83. The lowest BCUT2D eigenvalue weighted by Crippen LogP contribution is -2.63. The summed E-state index contributed by atoms with van der Waals surface area (Å²) in [6.07, 6.45) is 4.67. The molecule has 8 nitrogen and oxygen atoms in total. The predicted molar refractivity (Wildman–Crippen MR) is 103 cm³/mol. The van der Waals surface area contributed by atoms with Gasteiger partial charge in [0.15, 0.2) is 5.58 Å². The molecule has 0 N–H and O–H groups in total. The Kier molecular flexibility index (Phi) is 4.20. The summed E-state index contributed by atoms with van der Waals surface area (Å²) >= 11 is 0. The van der Waals surface area contributed by atoms with Crippen molar-refractivity contribution in [2.45, 2.75) is 42.2 Å². The van der Waals surface area contributed by atoms with Crippen LogP contribution in [0.4, 0.5) is 0 Å². The lowest BCUT2D eigenvalue weighted by molar-refractivity contribution is -0.0774. The standard InChI is InChI=1S/C19H25N3O5S/c1-20-16-6-5-15(9-17(16)27-18(20)23)28(24,25)22-12-19(13-22)10-14(11-26-19)21-7-3-2-4-8-21/h5-6,9,14H,2-4,7-8,10-13H2,1H3. The first-order valence-electron chi connectivity index (χ1n) is 9.86. The Balaban J connectivity index is 1.31. The number of hydrogen-bond acceptors (Lipinski definition) is 6. The van der Waals surface area contributed by atoms with Gasteiger partial charge in [-0.05, 0) is 44.5 Å². The number of fused-ring (bicyclic) bond motifs is 1. The Hall–Kier alpha value is -1.68. The van der Waals surface area contributed by atoms with Crippen molar-refractivity contribution in [1.82, 2.24) is 13.8 Å². The van der Waals surface area contributed by atoms with Gasteiger partial charge in [-0.25, -0.2) is 13.2 Å². The van der Waals surface area contributed by atoms with Crippen LogP contribution in [0, 0.1) is 0 Å². The fourth-order valence-electron chi connectivity index (χ4n) is 4.75. The van der Waals surface area contributed by atoms with Crippen LogP contribution in [0.25, 0.3) is 11.1 Å². The molecule has 0 saturated carbocycles. The molecule has 0 radical (unpaired) electrons. The van der Waals surface area contributed by atoms with Crippen molar-refractivity contribution in [1.29, 1.82) is 0 Å². The van der Waals surface area contributed by atoms with E-state index in [0.29, 0.717) is 31.3 Å². The van der Waals surface area contributed by atoms with E-state index in [-0.39, 0.29) is 16.1 Å². The molecule has 3 aliphatic rings. The lowest BCUT2D eigenvalue weighted by atomic mass is 9.91. The van der Waals surface area contributed by atoms with E-state index < -0.39 is 15.8 Å². The molecule has 152 valence electrons. The molecule has 28 heavy (non-hydrogen) atoms. The van der Waals surface area contributed by atoms with Gasteiger partial charge >= 0.3 is 5.76 Å². The highest BCUT2D eigenvalue weighted by Gasteiger charge is 2.54. The van der Waals surface area contributed by atoms with Crippen LogP contribution in [-0.4, -0.2) is 66.6 Å². The van der Waals surface area contributed by atoms with Crippen LogP contribution in [0.2, 0.25) is 0 Å². The van der Waals surface area contributed by atoms with Crippen LogP contribution in [0.3, 0.4) is 0 Å². The van der Waals surface area contributed by atoms with Crippen LogP contribution >= 0.6 is 0 Å². The van der Waals surface area contributed by atoms with Crippen molar-refractivity contribution in [3.05, 3.63) is 28.7 Å². The van der Waals surface area contributed by atoms with E-state index in [1.807, 2.05) is 0 Å². The molecule has 9 heteroatoms. The third-order valence-corrected chi connectivity index (χ3v) is 8.21. The van der Waals surface area contributed by atoms with Crippen molar-refractivity contribution in [2.24, 2.45) is 7.05 Å². The summed E-state index contributed by atoms with van der Waals surface area (Å²) < 4.78 is 40.1. The van der Waals surface area contributed by atoms with E-state index in [1.165, 1.54) is 40.3 Å². The monoisotopic (exact) mass is 407 g/mol. The minimum atomic E-state index is -3.63. The molecule has 1 atom stereocenters. The van der Waals surface area contributed by atoms with Crippen LogP contribution in [0.1, 0.15) is 25.7 Å². The topological polar surface area (TPSA) is 85.0 Å². The number of ether oxygens (including phenoxy) is 1. The molecule has 5 rings (SSSR count). The summed E-state index contributed by atoms with van der Waals surface area (Å²) in [6, 6.07) is 4.98. The average Bonchev–Trinajstić information content (AvgIpc) is 3.23. The van der Waals surface area contributed by atoms with Crippen molar-refractivity contribution >= 4 is 21.1 Å². The van der Waals surface area contributed by atoms with E-state index in [9.17, 15) is 13.2 Å². The second-order valence-corrected chi connectivity index (χ2v) is 10.2. The fourth-order valence-corrected chi connectivity index (χ4v) is 6.35. The minimum absolute atomic E-state index is 0.148. The van der Waals surface area contributed by atoms with E-state index in [1.54, 1.807) is 13.1 Å². The van der Waals surface area contributed by atoms with Crippen LogP contribution in [0.5, 0.6) is 0 Å². The molecule has 3 saturated heterocycles. The van der Waals surface area contributed by atoms with Gasteiger partial charge in [0.05, 0.1) is 22.6 Å². The maximum absolute atomic E-state index is 13.0. The highest BCUT2D eigenvalue weighted by atomic mass is 32.2. The normalized spacial score (nSPS) is 26.1. The predicted octanol–water partition coefficient (Wildman–Crippen LogP) is 1.15. The van der Waals surface area contributed by atoms with E-state index >= 15 is 0 Å². The van der Waals surface area contributed by atoms with Gasteiger partial charge in [0, 0.05) is 32.2 Å². The van der Waals surface area contributed by atoms with Gasteiger partial charge in [-0.15, -0.1) is 0 Å². The Labute approximate surface area is 163 Å². The summed E-state index contributed by atoms with van der Waals surface area (Å²) in [4.78, 5) is 14.3. The summed E-state index contributed by atoms with van der Waals surface area (Å²) in [5.41, 5.74) is 0.511. The first kappa shape index (κ1) is 18.4. The van der Waals surface area contributed by atoms with Crippen molar-refractivity contribution < 1.29 is 17.6 Å². The van der Waals surface area contributed by atoms with Crippen LogP contribution in [0.15, 0.2) is 32.3 Å².